The fraction of sp³-hybridized carbons (Fsp3) is 0.680. The van der Waals surface area contributed by atoms with Crippen LogP contribution in [-0.2, 0) is 9.59 Å². The van der Waals surface area contributed by atoms with Crippen LogP contribution in [0, 0.1) is 18.8 Å². The molecule has 2 heterocycles. The number of carbonyl (C=O) groups is 2. The van der Waals surface area contributed by atoms with Gasteiger partial charge in [-0.15, -0.1) is 0 Å². The number of hydrogen-bond acceptors (Lipinski definition) is 4. The van der Waals surface area contributed by atoms with Crippen molar-refractivity contribution in [3.63, 3.8) is 0 Å². The van der Waals surface area contributed by atoms with E-state index >= 15 is 0 Å². The Morgan fingerprint density at radius 2 is 2.00 bits per heavy atom. The number of likely N-dealkylation sites (tertiary alicyclic amines) is 1. The lowest BCUT2D eigenvalue weighted by atomic mass is 9.81. The number of nitrogens with two attached hydrogens (primary N) is 1. The first-order chi connectivity index (χ1) is 15.0. The predicted octanol–water partition coefficient (Wildman–Crippen LogP) is 3.16. The molecule has 0 bridgehead atoms. The zero-order valence-electron chi connectivity index (χ0n) is 19.0. The summed E-state index contributed by atoms with van der Waals surface area (Å²) in [5, 5.41) is 6.96. The molecule has 0 spiro atoms. The van der Waals surface area contributed by atoms with Gasteiger partial charge in [0.05, 0.1) is 0 Å². The van der Waals surface area contributed by atoms with Crippen LogP contribution in [0.3, 0.4) is 0 Å². The lowest BCUT2D eigenvalue weighted by Crippen LogP contribution is -2.54. The van der Waals surface area contributed by atoms with Crippen LogP contribution in [0.4, 0.5) is 5.69 Å². The molecule has 1 aromatic carbocycles. The minimum Gasteiger partial charge on any atom is -0.373 e. The minimum atomic E-state index is -0.199. The van der Waals surface area contributed by atoms with E-state index < -0.39 is 0 Å². The molecule has 1 saturated heterocycles. The molecule has 0 radical (unpaired) electrons. The van der Waals surface area contributed by atoms with E-state index in [9.17, 15) is 9.59 Å². The summed E-state index contributed by atoms with van der Waals surface area (Å²) in [7, 11) is 0. The molecule has 4 N–H and O–H groups in total. The highest BCUT2D eigenvalue weighted by Crippen LogP contribution is 2.47. The molecule has 4 rings (SSSR count). The first-order valence-electron chi connectivity index (χ1n) is 12.1. The van der Waals surface area contributed by atoms with Crippen LogP contribution in [0.1, 0.15) is 68.9 Å². The van der Waals surface area contributed by atoms with Crippen LogP contribution < -0.4 is 16.4 Å². The van der Waals surface area contributed by atoms with E-state index in [-0.39, 0.29) is 35.7 Å². The number of amides is 2. The number of benzene rings is 1. The van der Waals surface area contributed by atoms with E-state index in [1.807, 2.05) is 4.90 Å². The smallest absolute Gasteiger partial charge is 0.243 e. The van der Waals surface area contributed by atoms with Crippen molar-refractivity contribution in [2.75, 3.05) is 25.0 Å². The molecule has 6 nitrogen and oxygen atoms in total. The lowest BCUT2D eigenvalue weighted by Gasteiger charge is -2.38. The number of para-hydroxylation sites is 1. The molecular formula is C25H38N4O2. The number of nitrogens with zero attached hydrogens (tertiary/aromatic N) is 1. The van der Waals surface area contributed by atoms with E-state index in [1.165, 1.54) is 36.8 Å². The van der Waals surface area contributed by atoms with Crippen LogP contribution >= 0.6 is 0 Å². The molecule has 1 saturated carbocycles. The number of aryl methyl sites for hydroxylation is 1. The molecule has 31 heavy (non-hydrogen) atoms. The van der Waals surface area contributed by atoms with Crippen molar-refractivity contribution < 1.29 is 9.59 Å². The molecule has 170 valence electrons. The van der Waals surface area contributed by atoms with Crippen LogP contribution in [0.15, 0.2) is 18.2 Å². The highest BCUT2D eigenvalue weighted by molar-refractivity contribution is 5.89. The van der Waals surface area contributed by atoms with Gasteiger partial charge in [0.15, 0.2) is 0 Å². The Bertz CT molecular complexity index is 805. The number of hydrogen-bond donors (Lipinski definition) is 3. The number of fused-ring (bicyclic) bond motifs is 1. The second-order valence-corrected chi connectivity index (χ2v) is 9.84. The van der Waals surface area contributed by atoms with Gasteiger partial charge in [-0.1, -0.05) is 38.0 Å². The Kier molecular flexibility index (Phi) is 6.85. The Hall–Kier alpha value is -2.08. The van der Waals surface area contributed by atoms with E-state index in [2.05, 4.69) is 42.7 Å². The molecule has 1 aliphatic carbocycles. The third kappa shape index (κ3) is 4.59. The molecule has 2 unspecified atom stereocenters. The molecule has 6 heteroatoms. The molecule has 1 aromatic rings. The van der Waals surface area contributed by atoms with Crippen LogP contribution in [0.5, 0.6) is 0 Å². The van der Waals surface area contributed by atoms with E-state index in [0.717, 1.165) is 18.5 Å². The Balaban J connectivity index is 1.42. The van der Waals surface area contributed by atoms with Crippen LogP contribution in [0.2, 0.25) is 0 Å². The largest absolute Gasteiger partial charge is 0.373 e. The SMILES string of the molecule is Cc1cccc2c1NC(C(=O)N[C@@H]1CCN(C(=O)CCCN)C[C@H]1C)C2C1CCCC1. The van der Waals surface area contributed by atoms with Crippen molar-refractivity contribution >= 4 is 17.5 Å². The topological polar surface area (TPSA) is 87.5 Å². The van der Waals surface area contributed by atoms with E-state index in [1.54, 1.807) is 0 Å². The minimum absolute atomic E-state index is 0.113. The van der Waals surface area contributed by atoms with Crippen molar-refractivity contribution in [1.29, 1.82) is 0 Å². The molecule has 3 aliphatic rings. The van der Waals surface area contributed by atoms with Crippen molar-refractivity contribution in [3.8, 4) is 0 Å². The molecule has 2 aliphatic heterocycles. The maximum atomic E-state index is 13.5. The average Bonchev–Trinajstić information content (AvgIpc) is 3.41. The summed E-state index contributed by atoms with van der Waals surface area (Å²) >= 11 is 0. The third-order valence-electron chi connectivity index (χ3n) is 7.69. The number of carbonyl (C=O) groups excluding carboxylic acids is 2. The van der Waals surface area contributed by atoms with Gasteiger partial charge in [0, 0.05) is 37.2 Å². The van der Waals surface area contributed by atoms with Gasteiger partial charge in [-0.25, -0.2) is 0 Å². The van der Waals surface area contributed by atoms with Crippen molar-refractivity contribution in [2.45, 2.75) is 76.8 Å². The maximum Gasteiger partial charge on any atom is 0.243 e. The van der Waals surface area contributed by atoms with Crippen molar-refractivity contribution in [3.05, 3.63) is 29.3 Å². The van der Waals surface area contributed by atoms with Gasteiger partial charge in [0.25, 0.3) is 0 Å². The first-order valence-corrected chi connectivity index (χ1v) is 12.1. The number of rotatable bonds is 6. The highest BCUT2D eigenvalue weighted by atomic mass is 16.2. The van der Waals surface area contributed by atoms with Gasteiger partial charge in [-0.3, -0.25) is 9.59 Å². The van der Waals surface area contributed by atoms with Crippen molar-refractivity contribution in [2.24, 2.45) is 17.6 Å². The quantitative estimate of drug-likeness (QED) is 0.652. The lowest BCUT2D eigenvalue weighted by molar-refractivity contribution is -0.133. The Morgan fingerprint density at radius 1 is 1.23 bits per heavy atom. The summed E-state index contributed by atoms with van der Waals surface area (Å²) in [6, 6.07) is 6.37. The monoisotopic (exact) mass is 426 g/mol. The molecular weight excluding hydrogens is 388 g/mol. The summed E-state index contributed by atoms with van der Waals surface area (Å²) in [6.45, 7) is 6.23. The zero-order chi connectivity index (χ0) is 22.0. The van der Waals surface area contributed by atoms with Gasteiger partial charge in [0.1, 0.15) is 6.04 Å². The van der Waals surface area contributed by atoms with Gasteiger partial charge in [-0.05, 0) is 62.1 Å². The highest BCUT2D eigenvalue weighted by Gasteiger charge is 2.43. The molecule has 0 aromatic heterocycles. The zero-order valence-corrected chi connectivity index (χ0v) is 19.0. The van der Waals surface area contributed by atoms with E-state index in [0.29, 0.717) is 32.0 Å². The standard InChI is InChI=1S/C25H38N4O2/c1-16-7-5-10-19-22(18-8-3-4-9-18)24(28-23(16)19)25(31)27-20-12-14-29(15-17(20)2)21(30)11-6-13-26/h5,7,10,17-18,20,22,24,28H,3-4,6,8-9,11-15,26H2,1-2H3,(H,27,31)/t17-,20-,22?,24?/m1/s1. The van der Waals surface area contributed by atoms with Gasteiger partial charge in [0.2, 0.25) is 11.8 Å². The normalized spacial score (nSPS) is 28.3. The first kappa shape index (κ1) is 22.1. The van der Waals surface area contributed by atoms with Gasteiger partial charge < -0.3 is 21.3 Å². The summed E-state index contributed by atoms with van der Waals surface area (Å²) < 4.78 is 0. The third-order valence-corrected chi connectivity index (χ3v) is 7.69. The van der Waals surface area contributed by atoms with Crippen LogP contribution in [0.25, 0.3) is 0 Å². The second-order valence-electron chi connectivity index (χ2n) is 9.84. The fourth-order valence-electron chi connectivity index (χ4n) is 5.93. The summed E-state index contributed by atoms with van der Waals surface area (Å²) in [4.78, 5) is 27.8. The van der Waals surface area contributed by atoms with Gasteiger partial charge in [-0.2, -0.15) is 0 Å². The second kappa shape index (κ2) is 9.60. The predicted molar refractivity (Wildman–Crippen MR) is 124 cm³/mol. The molecule has 2 fully saturated rings. The van der Waals surface area contributed by atoms with Crippen molar-refractivity contribution in [1.82, 2.24) is 10.2 Å². The maximum absolute atomic E-state index is 13.5. The molecule has 2 amide bonds. The summed E-state index contributed by atoms with van der Waals surface area (Å²) in [5.41, 5.74) is 9.24. The van der Waals surface area contributed by atoms with E-state index in [4.69, 9.17) is 5.73 Å². The molecule has 4 atom stereocenters. The fourth-order valence-corrected chi connectivity index (χ4v) is 5.93. The Labute approximate surface area is 186 Å². The van der Waals surface area contributed by atoms with Gasteiger partial charge >= 0.3 is 0 Å². The average molecular weight is 427 g/mol. The number of piperidine rings is 1. The number of anilines is 1. The summed E-state index contributed by atoms with van der Waals surface area (Å²) in [6.07, 6.45) is 7.03. The summed E-state index contributed by atoms with van der Waals surface area (Å²) in [5.74, 6) is 1.38. The number of nitrogens with one attached hydrogen (secondary N) is 2. The Morgan fingerprint density at radius 3 is 2.71 bits per heavy atom. The van der Waals surface area contributed by atoms with Crippen LogP contribution in [-0.4, -0.2) is 48.4 Å².